The van der Waals surface area contributed by atoms with Crippen LogP contribution in [0.5, 0.6) is 0 Å². The molecule has 53 heavy (non-hydrogen) atoms. The molecule has 25 atom stereocenters. The molecule has 8 N–H and O–H groups in total. The molecule has 4 heterocycles. The van der Waals surface area contributed by atoms with E-state index in [4.69, 9.17) is 28.4 Å². The van der Waals surface area contributed by atoms with Gasteiger partial charge in [0.25, 0.3) is 0 Å². The highest BCUT2D eigenvalue weighted by molar-refractivity contribution is 5.29. The molecule has 0 radical (unpaired) electrons. The Morgan fingerprint density at radius 2 is 1.45 bits per heavy atom. The van der Waals surface area contributed by atoms with Gasteiger partial charge in [-0.15, -0.1) is 0 Å². The first-order valence-corrected chi connectivity index (χ1v) is 20.3. The molecule has 302 valence electrons. The molecular formula is C39H62O14. The molecule has 3 unspecified atom stereocenters. The molecule has 9 aliphatic rings. The van der Waals surface area contributed by atoms with E-state index in [-0.39, 0.29) is 52.1 Å². The molecule has 5 saturated carbocycles. The highest BCUT2D eigenvalue weighted by Gasteiger charge is 2.81. The Labute approximate surface area is 311 Å². The molecule has 0 bridgehead atoms. The van der Waals surface area contributed by atoms with E-state index in [1.165, 1.54) is 0 Å². The van der Waals surface area contributed by atoms with E-state index in [0.717, 1.165) is 38.5 Å². The minimum atomic E-state index is -1.52. The largest absolute Gasteiger partial charge is 0.394 e. The number of aliphatic hydroxyl groups is 8. The van der Waals surface area contributed by atoms with Gasteiger partial charge in [0.2, 0.25) is 0 Å². The van der Waals surface area contributed by atoms with Crippen LogP contribution in [0.15, 0.2) is 0 Å². The van der Waals surface area contributed by atoms with Crippen molar-refractivity contribution in [1.29, 1.82) is 0 Å². The second kappa shape index (κ2) is 12.7. The third kappa shape index (κ3) is 5.07. The van der Waals surface area contributed by atoms with Crippen molar-refractivity contribution in [1.82, 2.24) is 0 Å². The average molecular weight is 755 g/mol. The molecule has 9 fully saturated rings. The van der Waals surface area contributed by atoms with E-state index >= 15 is 0 Å². The van der Waals surface area contributed by atoms with Gasteiger partial charge >= 0.3 is 0 Å². The first-order valence-electron chi connectivity index (χ1n) is 20.3. The maximum absolute atomic E-state index is 12.1. The lowest BCUT2D eigenvalue weighted by atomic mass is 9.44. The summed E-state index contributed by atoms with van der Waals surface area (Å²) >= 11 is 0. The van der Waals surface area contributed by atoms with Crippen LogP contribution in [-0.2, 0) is 28.4 Å². The second-order valence-corrected chi connectivity index (χ2v) is 19.3. The van der Waals surface area contributed by atoms with Crippen molar-refractivity contribution in [2.45, 2.75) is 171 Å². The SMILES string of the molecule is C[C@@H]1CO[C@]2(C[C@@H]1O[C@@H]1O[C@H](CO)[C@@H](O)[C@H](O)[C@H]1O)O[C@H]1CC3C4C[C@H](O)[C@]56C[C@@H]5C[C@H](O[C@@H]5O[C@H](C)[C@H](O)[C@H](O)[C@H]5O)[C@]6(C)C4CC[C@]3(C)[C@H]1[C@@H]2C. The smallest absolute Gasteiger partial charge is 0.186 e. The fourth-order valence-corrected chi connectivity index (χ4v) is 14.3. The fraction of sp³-hybridized carbons (Fsp3) is 1.00. The summed E-state index contributed by atoms with van der Waals surface area (Å²) in [6.45, 7) is 10.4. The summed E-state index contributed by atoms with van der Waals surface area (Å²) in [7, 11) is 0. The molecule has 0 aromatic rings. The minimum absolute atomic E-state index is 0.0203. The van der Waals surface area contributed by atoms with Crippen LogP contribution >= 0.6 is 0 Å². The highest BCUT2D eigenvalue weighted by Crippen LogP contribution is 2.82. The molecule has 0 amide bonds. The first kappa shape index (κ1) is 38.0. The topological polar surface area (TPSA) is 217 Å². The van der Waals surface area contributed by atoms with Crippen molar-refractivity contribution in [3.63, 3.8) is 0 Å². The van der Waals surface area contributed by atoms with Crippen LogP contribution in [0.3, 0.4) is 0 Å². The summed E-state index contributed by atoms with van der Waals surface area (Å²) in [5.41, 5.74) is -0.649. The van der Waals surface area contributed by atoms with Gasteiger partial charge in [-0.25, -0.2) is 0 Å². The van der Waals surface area contributed by atoms with E-state index < -0.39 is 86.0 Å². The predicted molar refractivity (Wildman–Crippen MR) is 182 cm³/mol. The normalized spacial score (nSPS) is 64.1. The van der Waals surface area contributed by atoms with Crippen molar-refractivity contribution in [2.75, 3.05) is 13.2 Å². The number of rotatable bonds is 5. The van der Waals surface area contributed by atoms with Crippen LogP contribution < -0.4 is 0 Å². The Balaban J connectivity index is 0.933. The molecule has 0 aromatic carbocycles. The molecular weight excluding hydrogens is 692 g/mol. The van der Waals surface area contributed by atoms with Crippen LogP contribution in [0.25, 0.3) is 0 Å². The van der Waals surface area contributed by atoms with Crippen LogP contribution in [0, 0.1) is 57.7 Å². The molecule has 0 aromatic heterocycles. The summed E-state index contributed by atoms with van der Waals surface area (Å²) in [6, 6.07) is 0. The molecule has 2 spiro atoms. The van der Waals surface area contributed by atoms with E-state index in [0.29, 0.717) is 30.8 Å². The Morgan fingerprint density at radius 3 is 2.17 bits per heavy atom. The van der Waals surface area contributed by atoms with Gasteiger partial charge < -0.3 is 69.3 Å². The Morgan fingerprint density at radius 1 is 0.755 bits per heavy atom. The lowest BCUT2D eigenvalue weighted by Gasteiger charge is -2.62. The monoisotopic (exact) mass is 754 g/mol. The molecule has 9 rings (SSSR count). The zero-order chi connectivity index (χ0) is 37.7. The van der Waals surface area contributed by atoms with E-state index in [1.54, 1.807) is 6.92 Å². The molecule has 14 nitrogen and oxygen atoms in total. The lowest BCUT2D eigenvalue weighted by Crippen LogP contribution is -2.62. The van der Waals surface area contributed by atoms with E-state index in [2.05, 4.69) is 20.8 Å². The quantitative estimate of drug-likeness (QED) is 0.186. The predicted octanol–water partition coefficient (Wildman–Crippen LogP) is 0.0213. The summed E-state index contributed by atoms with van der Waals surface area (Å²) in [5, 5.41) is 84.9. The minimum Gasteiger partial charge on any atom is -0.394 e. The number of hydrogen-bond donors (Lipinski definition) is 8. The lowest BCUT2D eigenvalue weighted by molar-refractivity contribution is -0.344. The third-order valence-corrected chi connectivity index (χ3v) is 17.3. The van der Waals surface area contributed by atoms with Gasteiger partial charge in [0.05, 0.1) is 43.7 Å². The van der Waals surface area contributed by atoms with Crippen LogP contribution in [-0.4, -0.2) is 146 Å². The third-order valence-electron chi connectivity index (χ3n) is 17.3. The first-order chi connectivity index (χ1) is 25.0. The van der Waals surface area contributed by atoms with Crippen molar-refractivity contribution >= 4 is 0 Å². The summed E-state index contributed by atoms with van der Waals surface area (Å²) < 4.78 is 38.3. The number of aliphatic hydroxyl groups excluding tert-OH is 8. The Kier molecular flexibility index (Phi) is 9.12. The highest BCUT2D eigenvalue weighted by atomic mass is 16.7. The van der Waals surface area contributed by atoms with Crippen molar-refractivity contribution in [3.05, 3.63) is 0 Å². The average Bonchev–Trinajstić information content (AvgIpc) is 3.59. The van der Waals surface area contributed by atoms with Crippen LogP contribution in [0.1, 0.15) is 79.6 Å². The second-order valence-electron chi connectivity index (χ2n) is 19.3. The molecule has 5 aliphatic carbocycles. The van der Waals surface area contributed by atoms with Gasteiger partial charge in [0.15, 0.2) is 18.4 Å². The number of hydrogen-bond acceptors (Lipinski definition) is 14. The summed E-state index contributed by atoms with van der Waals surface area (Å²) in [6.07, 6.45) is -7.93. The zero-order valence-corrected chi connectivity index (χ0v) is 31.5. The number of ether oxygens (including phenoxy) is 6. The zero-order valence-electron chi connectivity index (χ0n) is 31.5. The van der Waals surface area contributed by atoms with Crippen molar-refractivity contribution in [2.24, 2.45) is 57.7 Å². The maximum Gasteiger partial charge on any atom is 0.186 e. The summed E-state index contributed by atoms with van der Waals surface area (Å²) in [5.74, 6) is 0.453. The molecule has 4 saturated heterocycles. The van der Waals surface area contributed by atoms with E-state index in [9.17, 15) is 40.9 Å². The van der Waals surface area contributed by atoms with Gasteiger partial charge in [-0.05, 0) is 80.5 Å². The van der Waals surface area contributed by atoms with Crippen molar-refractivity contribution in [3.8, 4) is 0 Å². The van der Waals surface area contributed by atoms with Gasteiger partial charge in [0, 0.05) is 29.1 Å². The standard InChI is InChI=1S/C39H62O14/c1-15-14-48-39(12-23(15)50-35-33(47)31(45)29(43)24(13-40)51-35)16(2)27-22(53-39)10-21-19-9-25(41)38-11-18(38)8-26(37(38,5)20(19)6-7-36(21,27)4)52-34-32(46)30(44)28(42)17(3)49-34/h15-35,40-47H,6-14H2,1-5H3/t15-,16+,17-,18+,19?,20?,21?,22+,23+,24-,25+,26+,27+,28+,29-,30+,31+,32-,33-,34+,35-,36+,37+,38+,39-/m1/s1. The van der Waals surface area contributed by atoms with E-state index in [1.807, 2.05) is 6.92 Å². The van der Waals surface area contributed by atoms with Crippen molar-refractivity contribution < 1.29 is 69.3 Å². The number of fused-ring (bicyclic) bond motifs is 6. The van der Waals surface area contributed by atoms with Gasteiger partial charge in [0.1, 0.15) is 42.7 Å². The van der Waals surface area contributed by atoms with Gasteiger partial charge in [-0.2, -0.15) is 0 Å². The Bertz CT molecular complexity index is 1400. The fourth-order valence-electron chi connectivity index (χ4n) is 14.3. The Hall–Kier alpha value is -0.560. The summed E-state index contributed by atoms with van der Waals surface area (Å²) in [4.78, 5) is 0. The van der Waals surface area contributed by atoms with Crippen LogP contribution in [0.4, 0.5) is 0 Å². The van der Waals surface area contributed by atoms with Crippen LogP contribution in [0.2, 0.25) is 0 Å². The van der Waals surface area contributed by atoms with Gasteiger partial charge in [-0.3, -0.25) is 0 Å². The maximum atomic E-state index is 12.1. The molecule has 14 heteroatoms. The molecule has 4 aliphatic heterocycles. The van der Waals surface area contributed by atoms with Gasteiger partial charge in [-0.1, -0.05) is 27.7 Å².